The Morgan fingerprint density at radius 1 is 1.12 bits per heavy atom. The number of benzene rings is 1. The van der Waals surface area contributed by atoms with Gasteiger partial charge in [-0.2, -0.15) is 0 Å². The molecule has 1 N–H and O–H groups in total. The standard InChI is InChI=1S/C20H27ClN2O2/c1-23(13-14-8-9-14)20(25)17-11-10-16(12-18(17)21)22-19(24)15-6-4-2-3-5-7-15/h10-12,14-15H,2-9,13H2,1H3,(H,22,24). The molecular weight excluding hydrogens is 336 g/mol. The third-order valence-corrected chi connectivity index (χ3v) is 5.58. The highest BCUT2D eigenvalue weighted by molar-refractivity contribution is 6.34. The zero-order valence-electron chi connectivity index (χ0n) is 14.9. The number of carbonyl (C=O) groups excluding carboxylic acids is 2. The number of carbonyl (C=O) groups is 2. The molecule has 2 amide bonds. The minimum Gasteiger partial charge on any atom is -0.341 e. The van der Waals surface area contributed by atoms with Crippen molar-refractivity contribution < 1.29 is 9.59 Å². The number of hydrogen-bond acceptors (Lipinski definition) is 2. The second-order valence-electron chi connectivity index (χ2n) is 7.50. The van der Waals surface area contributed by atoms with Crippen LogP contribution >= 0.6 is 11.6 Å². The van der Waals surface area contributed by atoms with Gasteiger partial charge in [0.15, 0.2) is 0 Å². The van der Waals surface area contributed by atoms with E-state index in [1.165, 1.54) is 25.7 Å². The van der Waals surface area contributed by atoms with Crippen LogP contribution < -0.4 is 5.32 Å². The molecule has 136 valence electrons. The van der Waals surface area contributed by atoms with E-state index in [2.05, 4.69) is 5.32 Å². The van der Waals surface area contributed by atoms with Gasteiger partial charge in [0.25, 0.3) is 5.91 Å². The van der Waals surface area contributed by atoms with Gasteiger partial charge in [-0.25, -0.2) is 0 Å². The number of anilines is 1. The maximum Gasteiger partial charge on any atom is 0.255 e. The molecule has 0 heterocycles. The number of nitrogens with one attached hydrogen (secondary N) is 1. The first-order valence-electron chi connectivity index (χ1n) is 9.40. The molecular formula is C20H27ClN2O2. The van der Waals surface area contributed by atoms with Gasteiger partial charge in [-0.05, 0) is 49.8 Å². The van der Waals surface area contributed by atoms with Gasteiger partial charge in [-0.15, -0.1) is 0 Å². The van der Waals surface area contributed by atoms with E-state index in [0.717, 1.165) is 32.2 Å². The Morgan fingerprint density at radius 3 is 2.40 bits per heavy atom. The van der Waals surface area contributed by atoms with Gasteiger partial charge in [-0.3, -0.25) is 9.59 Å². The van der Waals surface area contributed by atoms with E-state index < -0.39 is 0 Å². The lowest BCUT2D eigenvalue weighted by Crippen LogP contribution is -2.29. The number of halogens is 1. The predicted molar refractivity (Wildman–Crippen MR) is 101 cm³/mol. The van der Waals surface area contributed by atoms with Crippen LogP contribution in [0, 0.1) is 11.8 Å². The molecule has 0 aromatic heterocycles. The molecule has 25 heavy (non-hydrogen) atoms. The summed E-state index contributed by atoms with van der Waals surface area (Å²) in [5.41, 5.74) is 1.16. The summed E-state index contributed by atoms with van der Waals surface area (Å²) >= 11 is 6.32. The van der Waals surface area contributed by atoms with Crippen LogP contribution in [0.1, 0.15) is 61.7 Å². The molecule has 0 saturated heterocycles. The third-order valence-electron chi connectivity index (χ3n) is 5.27. The van der Waals surface area contributed by atoms with Crippen LogP contribution in [0.2, 0.25) is 5.02 Å². The lowest BCUT2D eigenvalue weighted by atomic mass is 9.99. The molecule has 0 aliphatic heterocycles. The highest BCUT2D eigenvalue weighted by atomic mass is 35.5. The molecule has 1 aromatic carbocycles. The smallest absolute Gasteiger partial charge is 0.255 e. The Labute approximate surface area is 154 Å². The Kier molecular flexibility index (Phi) is 6.00. The molecule has 2 aliphatic carbocycles. The van der Waals surface area contributed by atoms with E-state index in [1.807, 2.05) is 7.05 Å². The van der Waals surface area contributed by atoms with Crippen LogP contribution in [-0.2, 0) is 4.79 Å². The molecule has 0 unspecified atom stereocenters. The fraction of sp³-hybridized carbons (Fsp3) is 0.600. The summed E-state index contributed by atoms with van der Waals surface area (Å²) < 4.78 is 0. The first-order chi connectivity index (χ1) is 12.0. The fourth-order valence-electron chi connectivity index (χ4n) is 3.53. The van der Waals surface area contributed by atoms with Crippen molar-refractivity contribution >= 4 is 29.1 Å². The fourth-order valence-corrected chi connectivity index (χ4v) is 3.79. The third kappa shape index (κ3) is 4.97. The molecule has 2 fully saturated rings. The van der Waals surface area contributed by atoms with Gasteiger partial charge in [0, 0.05) is 25.2 Å². The maximum absolute atomic E-state index is 12.5. The van der Waals surface area contributed by atoms with Crippen LogP contribution in [0.3, 0.4) is 0 Å². The summed E-state index contributed by atoms with van der Waals surface area (Å²) in [6, 6.07) is 5.18. The monoisotopic (exact) mass is 362 g/mol. The minimum absolute atomic E-state index is 0.0569. The van der Waals surface area contributed by atoms with E-state index in [9.17, 15) is 9.59 Å². The zero-order chi connectivity index (χ0) is 17.8. The molecule has 2 saturated carbocycles. The Hall–Kier alpha value is -1.55. The van der Waals surface area contributed by atoms with Gasteiger partial charge < -0.3 is 10.2 Å². The van der Waals surface area contributed by atoms with Crippen molar-refractivity contribution in [3.05, 3.63) is 28.8 Å². The molecule has 0 atom stereocenters. The van der Waals surface area contributed by atoms with Crippen LogP contribution in [0.15, 0.2) is 18.2 Å². The summed E-state index contributed by atoms with van der Waals surface area (Å²) in [5, 5.41) is 3.36. The molecule has 5 heteroatoms. The number of amides is 2. The second-order valence-corrected chi connectivity index (χ2v) is 7.91. The van der Waals surface area contributed by atoms with E-state index in [0.29, 0.717) is 22.2 Å². The highest BCUT2D eigenvalue weighted by Crippen LogP contribution is 2.30. The van der Waals surface area contributed by atoms with Crippen molar-refractivity contribution in [3.63, 3.8) is 0 Å². The number of nitrogens with zero attached hydrogens (tertiary/aromatic N) is 1. The SMILES string of the molecule is CN(CC1CC1)C(=O)c1ccc(NC(=O)C2CCCCCC2)cc1Cl. The van der Waals surface area contributed by atoms with Crippen molar-refractivity contribution in [3.8, 4) is 0 Å². The maximum atomic E-state index is 12.5. The van der Waals surface area contributed by atoms with E-state index >= 15 is 0 Å². The van der Waals surface area contributed by atoms with Crippen molar-refractivity contribution in [1.82, 2.24) is 4.90 Å². The van der Waals surface area contributed by atoms with Gasteiger partial charge in [0.05, 0.1) is 10.6 Å². The largest absolute Gasteiger partial charge is 0.341 e. The van der Waals surface area contributed by atoms with Crippen molar-refractivity contribution in [2.75, 3.05) is 18.9 Å². The number of hydrogen-bond donors (Lipinski definition) is 1. The average molecular weight is 363 g/mol. The molecule has 4 nitrogen and oxygen atoms in total. The van der Waals surface area contributed by atoms with Gasteiger partial charge in [0.2, 0.25) is 5.91 Å². The Morgan fingerprint density at radius 2 is 1.80 bits per heavy atom. The van der Waals surface area contributed by atoms with Crippen LogP contribution in [-0.4, -0.2) is 30.3 Å². The van der Waals surface area contributed by atoms with Gasteiger partial charge in [-0.1, -0.05) is 37.3 Å². The summed E-state index contributed by atoms with van der Waals surface area (Å²) in [4.78, 5) is 26.7. The van der Waals surface area contributed by atoms with Gasteiger partial charge >= 0.3 is 0 Å². The normalized spacial score (nSPS) is 18.5. The van der Waals surface area contributed by atoms with Crippen molar-refractivity contribution in [2.45, 2.75) is 51.4 Å². The lowest BCUT2D eigenvalue weighted by molar-refractivity contribution is -0.120. The van der Waals surface area contributed by atoms with Crippen molar-refractivity contribution in [1.29, 1.82) is 0 Å². The summed E-state index contributed by atoms with van der Waals surface area (Å²) in [7, 11) is 1.82. The minimum atomic E-state index is -0.0569. The average Bonchev–Trinajstić information content (AvgIpc) is 3.40. The summed E-state index contributed by atoms with van der Waals surface area (Å²) in [5.74, 6) is 0.750. The highest BCUT2D eigenvalue weighted by Gasteiger charge is 2.26. The molecule has 0 spiro atoms. The predicted octanol–water partition coefficient (Wildman–Crippen LogP) is 4.73. The first-order valence-corrected chi connectivity index (χ1v) is 9.78. The van der Waals surface area contributed by atoms with Crippen molar-refractivity contribution in [2.24, 2.45) is 11.8 Å². The summed E-state index contributed by atoms with van der Waals surface area (Å²) in [6.07, 6.45) is 9.03. The Bertz CT molecular complexity index is 635. The molecule has 2 aliphatic rings. The van der Waals surface area contributed by atoms with E-state index in [1.54, 1.807) is 23.1 Å². The molecule has 0 bridgehead atoms. The number of rotatable bonds is 5. The molecule has 1 aromatic rings. The molecule has 0 radical (unpaired) electrons. The lowest BCUT2D eigenvalue weighted by Gasteiger charge is -2.18. The first kappa shape index (κ1) is 18.2. The molecule has 3 rings (SSSR count). The Balaban J connectivity index is 1.62. The van der Waals surface area contributed by atoms with Gasteiger partial charge in [0.1, 0.15) is 0 Å². The van der Waals surface area contributed by atoms with Crippen LogP contribution in [0.4, 0.5) is 5.69 Å². The summed E-state index contributed by atoms with van der Waals surface area (Å²) in [6.45, 7) is 0.787. The zero-order valence-corrected chi connectivity index (χ0v) is 15.6. The topological polar surface area (TPSA) is 49.4 Å². The van der Waals surface area contributed by atoms with E-state index in [-0.39, 0.29) is 17.7 Å². The second kappa shape index (κ2) is 8.22. The van der Waals surface area contributed by atoms with E-state index in [4.69, 9.17) is 11.6 Å². The van der Waals surface area contributed by atoms with Crippen LogP contribution in [0.25, 0.3) is 0 Å². The quantitative estimate of drug-likeness (QED) is 0.769. The van der Waals surface area contributed by atoms with Crippen LogP contribution in [0.5, 0.6) is 0 Å².